The van der Waals surface area contributed by atoms with Crippen LogP contribution in [0.5, 0.6) is 0 Å². The van der Waals surface area contributed by atoms with E-state index >= 15 is 0 Å². The van der Waals surface area contributed by atoms with Crippen LogP contribution in [0.3, 0.4) is 0 Å². The Morgan fingerprint density at radius 2 is 1.82 bits per heavy atom. The van der Waals surface area contributed by atoms with Gasteiger partial charge in [0.05, 0.1) is 28.9 Å². The maximum absolute atomic E-state index is 13.7. The van der Waals surface area contributed by atoms with E-state index in [0.29, 0.717) is 23.5 Å². The van der Waals surface area contributed by atoms with Gasteiger partial charge in [-0.3, -0.25) is 9.48 Å². The van der Waals surface area contributed by atoms with Crippen molar-refractivity contribution >= 4 is 22.7 Å². The molecule has 3 aromatic heterocycles. The first kappa shape index (κ1) is 21.7. The van der Waals surface area contributed by atoms with Crippen molar-refractivity contribution in [3.63, 3.8) is 0 Å². The minimum Gasteiger partial charge on any atom is -0.463 e. The summed E-state index contributed by atoms with van der Waals surface area (Å²) in [6, 6.07) is 20.1. The molecule has 0 atom stereocenters. The molecule has 7 heteroatoms. The van der Waals surface area contributed by atoms with E-state index < -0.39 is 0 Å². The molecule has 0 saturated heterocycles. The second kappa shape index (κ2) is 9.02. The second-order valence-electron chi connectivity index (χ2n) is 8.37. The second-order valence-corrected chi connectivity index (χ2v) is 8.37. The normalized spacial score (nSPS) is 11.3. The molecular weight excluding hydrogens is 431 g/mol. The maximum atomic E-state index is 13.7. The summed E-state index contributed by atoms with van der Waals surface area (Å²) >= 11 is 0. The third kappa shape index (κ3) is 4.24. The van der Waals surface area contributed by atoms with E-state index in [1.807, 2.05) is 53.4 Å². The summed E-state index contributed by atoms with van der Waals surface area (Å²) in [4.78, 5) is 13.4. The fourth-order valence-corrected chi connectivity index (χ4v) is 4.31. The number of nitrogens with zero attached hydrogens (tertiary/aromatic N) is 3. The Morgan fingerprint density at radius 1 is 1.03 bits per heavy atom. The molecule has 3 heterocycles. The number of anilines is 1. The lowest BCUT2D eigenvalue weighted by atomic mass is 10.1. The summed E-state index contributed by atoms with van der Waals surface area (Å²) in [6.07, 6.45) is 2.43. The van der Waals surface area contributed by atoms with Crippen molar-refractivity contribution in [3.8, 4) is 0 Å². The Bertz CT molecular complexity index is 1460. The summed E-state index contributed by atoms with van der Waals surface area (Å²) in [5.41, 5.74) is 6.17. The van der Waals surface area contributed by atoms with Gasteiger partial charge in [-0.25, -0.2) is 4.39 Å². The van der Waals surface area contributed by atoms with Gasteiger partial charge in [-0.05, 0) is 43.5 Å². The number of aromatic nitrogens is 3. The van der Waals surface area contributed by atoms with Gasteiger partial charge in [0, 0.05) is 25.2 Å². The number of aryl methyl sites for hydroxylation is 3. The molecule has 0 saturated carbocycles. The molecule has 0 bridgehead atoms. The molecule has 0 aliphatic carbocycles. The van der Waals surface area contributed by atoms with E-state index in [1.54, 1.807) is 18.4 Å². The van der Waals surface area contributed by atoms with E-state index in [1.165, 1.54) is 17.7 Å². The van der Waals surface area contributed by atoms with Gasteiger partial charge in [-0.15, -0.1) is 0 Å². The Morgan fingerprint density at radius 3 is 2.62 bits per heavy atom. The SMILES string of the molecule is Cc1nn(CCc2ccccc2)c(C)c1NC(=O)c1cc2occc2n1Cc1cccc(F)c1. The van der Waals surface area contributed by atoms with Gasteiger partial charge >= 0.3 is 0 Å². The van der Waals surface area contributed by atoms with Crippen LogP contribution < -0.4 is 5.32 Å². The Kier molecular flexibility index (Phi) is 5.76. The molecule has 2 aromatic carbocycles. The lowest BCUT2D eigenvalue weighted by molar-refractivity contribution is 0.101. The van der Waals surface area contributed by atoms with Crippen molar-refractivity contribution in [1.29, 1.82) is 0 Å². The van der Waals surface area contributed by atoms with Crippen LogP contribution in [0.2, 0.25) is 0 Å². The van der Waals surface area contributed by atoms with Crippen molar-refractivity contribution in [2.75, 3.05) is 5.32 Å². The molecule has 0 unspecified atom stereocenters. The predicted octanol–water partition coefficient (Wildman–Crippen LogP) is 5.73. The summed E-state index contributed by atoms with van der Waals surface area (Å²) in [5, 5.41) is 7.68. The topological polar surface area (TPSA) is 65.0 Å². The first-order valence-corrected chi connectivity index (χ1v) is 11.2. The van der Waals surface area contributed by atoms with E-state index in [-0.39, 0.29) is 11.7 Å². The molecular formula is C27H25FN4O2. The summed E-state index contributed by atoms with van der Waals surface area (Å²) < 4.78 is 23.0. The molecule has 0 radical (unpaired) electrons. The number of amides is 1. The van der Waals surface area contributed by atoms with E-state index in [9.17, 15) is 9.18 Å². The standard InChI is InChI=1S/C27H25FN4O2/c1-18-26(19(2)32(30-18)13-11-20-7-4-3-5-8-20)29-27(33)24-16-25-23(12-14-34-25)31(24)17-21-9-6-10-22(28)15-21/h3-10,12,14-16H,11,13,17H2,1-2H3,(H,29,33). The Labute approximate surface area is 196 Å². The summed E-state index contributed by atoms with van der Waals surface area (Å²) in [5.74, 6) is -0.579. The average molecular weight is 457 g/mol. The highest BCUT2D eigenvalue weighted by molar-refractivity contribution is 6.06. The van der Waals surface area contributed by atoms with Crippen molar-refractivity contribution in [2.45, 2.75) is 33.4 Å². The molecule has 0 fully saturated rings. The zero-order valence-corrected chi connectivity index (χ0v) is 19.1. The molecule has 0 aliphatic rings. The highest BCUT2D eigenvalue weighted by atomic mass is 19.1. The number of carbonyl (C=O) groups excluding carboxylic acids is 1. The Balaban J connectivity index is 1.40. The highest BCUT2D eigenvalue weighted by Crippen LogP contribution is 2.25. The number of fused-ring (bicyclic) bond motifs is 1. The lowest BCUT2D eigenvalue weighted by Gasteiger charge is -2.11. The first-order chi connectivity index (χ1) is 16.5. The van der Waals surface area contributed by atoms with Gasteiger partial charge in [0.25, 0.3) is 5.91 Å². The van der Waals surface area contributed by atoms with Crippen LogP contribution >= 0.6 is 0 Å². The zero-order valence-electron chi connectivity index (χ0n) is 19.1. The number of benzene rings is 2. The highest BCUT2D eigenvalue weighted by Gasteiger charge is 2.21. The molecule has 1 amide bonds. The number of hydrogen-bond donors (Lipinski definition) is 1. The van der Waals surface area contributed by atoms with E-state index in [2.05, 4.69) is 22.5 Å². The number of rotatable bonds is 7. The molecule has 6 nitrogen and oxygen atoms in total. The van der Waals surface area contributed by atoms with Crippen LogP contribution in [0.1, 0.15) is 33.0 Å². The third-order valence-corrected chi connectivity index (χ3v) is 6.06. The fraction of sp³-hybridized carbons (Fsp3) is 0.185. The molecule has 5 rings (SSSR count). The van der Waals surface area contributed by atoms with Gasteiger partial charge in [0.2, 0.25) is 0 Å². The number of halogens is 1. The van der Waals surface area contributed by atoms with Gasteiger partial charge in [0.15, 0.2) is 5.58 Å². The molecule has 0 spiro atoms. The minimum atomic E-state index is -0.312. The van der Waals surface area contributed by atoms with Crippen LogP contribution in [0.15, 0.2) is 77.4 Å². The van der Waals surface area contributed by atoms with Gasteiger partial charge in [-0.1, -0.05) is 42.5 Å². The van der Waals surface area contributed by atoms with Gasteiger partial charge in [0.1, 0.15) is 11.5 Å². The summed E-state index contributed by atoms with van der Waals surface area (Å²) in [7, 11) is 0. The zero-order chi connectivity index (χ0) is 23.7. The smallest absolute Gasteiger partial charge is 0.272 e. The molecule has 5 aromatic rings. The quantitative estimate of drug-likeness (QED) is 0.340. The predicted molar refractivity (Wildman–Crippen MR) is 130 cm³/mol. The number of furan rings is 1. The number of nitrogens with one attached hydrogen (secondary N) is 1. The van der Waals surface area contributed by atoms with Crippen molar-refractivity contribution in [1.82, 2.24) is 14.3 Å². The molecule has 0 aliphatic heterocycles. The molecule has 34 heavy (non-hydrogen) atoms. The monoisotopic (exact) mass is 456 g/mol. The van der Waals surface area contributed by atoms with Gasteiger partial charge < -0.3 is 14.3 Å². The first-order valence-electron chi connectivity index (χ1n) is 11.2. The van der Waals surface area contributed by atoms with Crippen molar-refractivity contribution in [3.05, 3.63) is 107 Å². The third-order valence-electron chi connectivity index (χ3n) is 6.06. The van der Waals surface area contributed by atoms with Crippen molar-refractivity contribution < 1.29 is 13.6 Å². The van der Waals surface area contributed by atoms with Crippen LogP contribution in [0, 0.1) is 19.7 Å². The van der Waals surface area contributed by atoms with Crippen molar-refractivity contribution in [2.24, 2.45) is 0 Å². The van der Waals surface area contributed by atoms with Crippen LogP contribution in [0.25, 0.3) is 11.1 Å². The van der Waals surface area contributed by atoms with Crippen LogP contribution in [-0.2, 0) is 19.5 Å². The number of hydrogen-bond acceptors (Lipinski definition) is 3. The fourth-order valence-electron chi connectivity index (χ4n) is 4.31. The number of carbonyl (C=O) groups is 1. The van der Waals surface area contributed by atoms with Gasteiger partial charge in [-0.2, -0.15) is 5.10 Å². The average Bonchev–Trinajstić information content (AvgIpc) is 3.49. The van der Waals surface area contributed by atoms with E-state index in [4.69, 9.17) is 4.42 Å². The van der Waals surface area contributed by atoms with Crippen LogP contribution in [-0.4, -0.2) is 20.3 Å². The van der Waals surface area contributed by atoms with Crippen LogP contribution in [0.4, 0.5) is 10.1 Å². The minimum absolute atomic E-state index is 0.267. The van der Waals surface area contributed by atoms with E-state index in [0.717, 1.165) is 35.4 Å². The Hall–Kier alpha value is -4.13. The maximum Gasteiger partial charge on any atom is 0.272 e. The summed E-state index contributed by atoms with van der Waals surface area (Å²) in [6.45, 7) is 4.91. The molecule has 1 N–H and O–H groups in total. The lowest BCUT2D eigenvalue weighted by Crippen LogP contribution is -2.18. The molecule has 172 valence electrons. The largest absolute Gasteiger partial charge is 0.463 e.